The molecule has 1 aromatic rings. The van der Waals surface area contributed by atoms with Crippen LogP contribution in [0.1, 0.15) is 10.4 Å². The number of ether oxygens (including phenoxy) is 2. The van der Waals surface area contributed by atoms with E-state index in [4.69, 9.17) is 9.47 Å². The maximum absolute atomic E-state index is 12.7. The van der Waals surface area contributed by atoms with Gasteiger partial charge in [-0.15, -0.1) is 11.8 Å². The van der Waals surface area contributed by atoms with E-state index < -0.39 is 12.0 Å². The Morgan fingerprint density at radius 2 is 2.15 bits per heavy atom. The molecule has 0 spiro atoms. The van der Waals surface area contributed by atoms with Crippen molar-refractivity contribution in [3.8, 4) is 0 Å². The number of thioether (sulfide) groups is 1. The minimum absolute atomic E-state index is 0.159. The van der Waals surface area contributed by atoms with Gasteiger partial charge in [-0.3, -0.25) is 4.79 Å². The fraction of sp³-hybridized carbons (Fsp3) is 0.429. The van der Waals surface area contributed by atoms with Gasteiger partial charge in [0, 0.05) is 11.4 Å². The highest BCUT2D eigenvalue weighted by Crippen LogP contribution is 2.23. The largest absolute Gasteiger partial charge is 0.467 e. The van der Waals surface area contributed by atoms with Gasteiger partial charge in [0.15, 0.2) is 6.04 Å². The quantitative estimate of drug-likeness (QED) is 0.623. The molecular weight excluding hydrogens is 278 g/mol. The summed E-state index contributed by atoms with van der Waals surface area (Å²) in [6, 6.07) is 6.71. The molecule has 0 aliphatic carbocycles. The molecule has 108 valence electrons. The van der Waals surface area contributed by atoms with Crippen molar-refractivity contribution in [2.75, 3.05) is 33.1 Å². The summed E-state index contributed by atoms with van der Waals surface area (Å²) in [6.45, 7) is 1.00. The number of esters is 1. The summed E-state index contributed by atoms with van der Waals surface area (Å²) in [5, 5.41) is 0. The van der Waals surface area contributed by atoms with Gasteiger partial charge in [-0.05, 0) is 18.4 Å². The van der Waals surface area contributed by atoms with Gasteiger partial charge in [0.1, 0.15) is 0 Å². The highest BCUT2D eigenvalue weighted by atomic mass is 32.2. The number of morpholine rings is 1. The van der Waals surface area contributed by atoms with E-state index in [9.17, 15) is 9.59 Å². The Labute approximate surface area is 122 Å². The summed E-state index contributed by atoms with van der Waals surface area (Å²) in [6.07, 6.45) is 1.92. The monoisotopic (exact) mass is 295 g/mol. The lowest BCUT2D eigenvalue weighted by atomic mass is 10.1. The number of hydrogen-bond donors (Lipinski definition) is 0. The molecule has 1 unspecified atom stereocenters. The second kappa shape index (κ2) is 6.76. The molecule has 0 bridgehead atoms. The lowest BCUT2D eigenvalue weighted by molar-refractivity contribution is -0.151. The first kappa shape index (κ1) is 14.9. The normalized spacial score (nSPS) is 18.7. The van der Waals surface area contributed by atoms with E-state index in [2.05, 4.69) is 0 Å². The fourth-order valence-corrected chi connectivity index (χ4v) is 2.74. The Balaban J connectivity index is 2.27. The molecule has 20 heavy (non-hydrogen) atoms. The third-order valence-corrected chi connectivity index (χ3v) is 4.00. The molecule has 1 heterocycles. The number of benzene rings is 1. The van der Waals surface area contributed by atoms with Crippen LogP contribution in [0.5, 0.6) is 0 Å². The van der Waals surface area contributed by atoms with Gasteiger partial charge in [0.25, 0.3) is 5.91 Å². The first-order valence-electron chi connectivity index (χ1n) is 6.28. The summed E-state index contributed by atoms with van der Waals surface area (Å²) in [5.41, 5.74) is 0.607. The van der Waals surface area contributed by atoms with Crippen LogP contribution in [-0.2, 0) is 14.3 Å². The molecule has 1 aliphatic rings. The number of carbonyl (C=O) groups excluding carboxylic acids is 2. The van der Waals surface area contributed by atoms with Crippen molar-refractivity contribution >= 4 is 23.6 Å². The topological polar surface area (TPSA) is 55.8 Å². The lowest BCUT2D eigenvalue weighted by Gasteiger charge is -2.34. The molecule has 1 aliphatic heterocycles. The Morgan fingerprint density at radius 1 is 1.40 bits per heavy atom. The van der Waals surface area contributed by atoms with Crippen LogP contribution in [0.2, 0.25) is 0 Å². The molecule has 1 atom stereocenters. The molecule has 1 amide bonds. The van der Waals surface area contributed by atoms with Gasteiger partial charge in [-0.25, -0.2) is 4.79 Å². The minimum atomic E-state index is -0.670. The zero-order chi connectivity index (χ0) is 14.5. The van der Waals surface area contributed by atoms with Crippen molar-refractivity contribution in [1.82, 2.24) is 4.90 Å². The number of nitrogens with zero attached hydrogens (tertiary/aromatic N) is 1. The highest BCUT2D eigenvalue weighted by Gasteiger charge is 2.34. The summed E-state index contributed by atoms with van der Waals surface area (Å²) in [7, 11) is 1.31. The van der Waals surface area contributed by atoms with E-state index >= 15 is 0 Å². The Kier molecular flexibility index (Phi) is 5.03. The van der Waals surface area contributed by atoms with Crippen LogP contribution < -0.4 is 0 Å². The zero-order valence-electron chi connectivity index (χ0n) is 11.5. The molecule has 1 aromatic carbocycles. The molecule has 5 nitrogen and oxygen atoms in total. The molecule has 0 aromatic heterocycles. The average Bonchev–Trinajstić information content (AvgIpc) is 2.53. The highest BCUT2D eigenvalue weighted by molar-refractivity contribution is 7.98. The van der Waals surface area contributed by atoms with Crippen LogP contribution in [0.3, 0.4) is 0 Å². The summed E-state index contributed by atoms with van der Waals surface area (Å²) in [5.74, 6) is -0.603. The standard InChI is InChI=1S/C14H17NO4S/c1-18-14(17)11-9-19-8-7-15(11)13(16)10-5-3-4-6-12(10)20-2/h3-6,11H,7-9H2,1-2H3. The van der Waals surface area contributed by atoms with E-state index in [1.807, 2.05) is 24.5 Å². The van der Waals surface area contributed by atoms with Crippen molar-refractivity contribution in [2.45, 2.75) is 10.9 Å². The number of amides is 1. The molecule has 2 rings (SSSR count). The third kappa shape index (κ3) is 2.96. The van der Waals surface area contributed by atoms with Gasteiger partial charge in [0.2, 0.25) is 0 Å². The molecule has 0 radical (unpaired) electrons. The maximum Gasteiger partial charge on any atom is 0.331 e. The Hall–Kier alpha value is -1.53. The van der Waals surface area contributed by atoms with Gasteiger partial charge in [-0.2, -0.15) is 0 Å². The van der Waals surface area contributed by atoms with Gasteiger partial charge >= 0.3 is 5.97 Å². The molecule has 0 saturated carbocycles. The first-order chi connectivity index (χ1) is 9.69. The fourth-order valence-electron chi connectivity index (χ4n) is 2.15. The molecule has 0 N–H and O–H groups in total. The maximum atomic E-state index is 12.7. The van der Waals surface area contributed by atoms with E-state index in [0.717, 1.165) is 4.90 Å². The summed E-state index contributed by atoms with van der Waals surface area (Å²) < 4.78 is 10.0. The van der Waals surface area contributed by atoms with Crippen LogP contribution in [0, 0.1) is 0 Å². The van der Waals surface area contributed by atoms with E-state index in [1.54, 1.807) is 6.07 Å². The van der Waals surface area contributed by atoms with Crippen LogP contribution in [0.25, 0.3) is 0 Å². The number of hydrogen-bond acceptors (Lipinski definition) is 5. The van der Waals surface area contributed by atoms with E-state index in [0.29, 0.717) is 18.7 Å². The first-order valence-corrected chi connectivity index (χ1v) is 7.51. The third-order valence-electron chi connectivity index (χ3n) is 3.20. The summed E-state index contributed by atoms with van der Waals surface area (Å²) in [4.78, 5) is 26.9. The van der Waals surface area contributed by atoms with Crippen molar-refractivity contribution in [1.29, 1.82) is 0 Å². The van der Waals surface area contributed by atoms with Crippen molar-refractivity contribution in [2.24, 2.45) is 0 Å². The SMILES string of the molecule is COC(=O)C1COCCN1C(=O)c1ccccc1SC. The second-order valence-corrected chi connectivity index (χ2v) is 5.16. The average molecular weight is 295 g/mol. The van der Waals surface area contributed by atoms with Gasteiger partial charge in [-0.1, -0.05) is 12.1 Å². The Bertz CT molecular complexity index is 506. The van der Waals surface area contributed by atoms with Crippen molar-refractivity contribution in [3.63, 3.8) is 0 Å². The van der Waals surface area contributed by atoms with Crippen LogP contribution in [0.4, 0.5) is 0 Å². The second-order valence-electron chi connectivity index (χ2n) is 4.31. The predicted octanol–water partition coefficient (Wildman–Crippen LogP) is 1.42. The predicted molar refractivity (Wildman–Crippen MR) is 75.9 cm³/mol. The van der Waals surface area contributed by atoms with Crippen LogP contribution >= 0.6 is 11.8 Å². The number of methoxy groups -OCH3 is 1. The Morgan fingerprint density at radius 3 is 2.85 bits per heavy atom. The van der Waals surface area contributed by atoms with Crippen molar-refractivity contribution < 1.29 is 19.1 Å². The number of carbonyl (C=O) groups is 2. The lowest BCUT2D eigenvalue weighted by Crippen LogP contribution is -2.53. The molecule has 6 heteroatoms. The zero-order valence-corrected chi connectivity index (χ0v) is 12.3. The van der Waals surface area contributed by atoms with Crippen molar-refractivity contribution in [3.05, 3.63) is 29.8 Å². The number of rotatable bonds is 3. The van der Waals surface area contributed by atoms with Crippen LogP contribution in [-0.4, -0.2) is 55.9 Å². The van der Waals surface area contributed by atoms with Crippen LogP contribution in [0.15, 0.2) is 29.2 Å². The van der Waals surface area contributed by atoms with Gasteiger partial charge in [0.05, 0.1) is 25.9 Å². The molecular formula is C14H17NO4S. The van der Waals surface area contributed by atoms with E-state index in [-0.39, 0.29) is 12.5 Å². The molecule has 1 fully saturated rings. The van der Waals surface area contributed by atoms with Gasteiger partial charge < -0.3 is 14.4 Å². The smallest absolute Gasteiger partial charge is 0.331 e. The molecule has 1 saturated heterocycles. The summed E-state index contributed by atoms with van der Waals surface area (Å²) >= 11 is 1.51. The minimum Gasteiger partial charge on any atom is -0.467 e. The van der Waals surface area contributed by atoms with E-state index in [1.165, 1.54) is 23.8 Å².